The van der Waals surface area contributed by atoms with Crippen LogP contribution in [0.25, 0.3) is 22.4 Å². The molecule has 0 aliphatic heterocycles. The molecular weight excluding hydrogens is 372 g/mol. The fourth-order valence-corrected chi connectivity index (χ4v) is 2.95. The molecule has 0 spiro atoms. The molecule has 3 heterocycles. The van der Waals surface area contributed by atoms with E-state index in [-0.39, 0.29) is 22.7 Å². The Morgan fingerprint density at radius 3 is 2.63 bits per heavy atom. The van der Waals surface area contributed by atoms with Crippen molar-refractivity contribution >= 4 is 28.6 Å². The zero-order valence-electron chi connectivity index (χ0n) is 14.2. The van der Waals surface area contributed by atoms with Gasteiger partial charge in [-0.25, -0.2) is 23.7 Å². The average Bonchev–Trinajstić information content (AvgIpc) is 3.06. The van der Waals surface area contributed by atoms with Gasteiger partial charge in [0, 0.05) is 17.8 Å². The smallest absolute Gasteiger partial charge is 0.156 e. The van der Waals surface area contributed by atoms with Gasteiger partial charge in [0.25, 0.3) is 0 Å². The highest BCUT2D eigenvalue weighted by molar-refractivity contribution is 6.29. The van der Waals surface area contributed by atoms with Crippen molar-refractivity contribution in [2.24, 2.45) is 0 Å². The molecule has 5 nitrogen and oxygen atoms in total. The number of rotatable bonds is 4. The van der Waals surface area contributed by atoms with Gasteiger partial charge in [0.05, 0.1) is 6.20 Å². The molecule has 0 saturated heterocycles. The molecule has 136 valence electrons. The van der Waals surface area contributed by atoms with Crippen LogP contribution in [0.5, 0.6) is 0 Å². The lowest BCUT2D eigenvalue weighted by Crippen LogP contribution is -2.08. The molecule has 0 unspecified atom stereocenters. The Hall–Kier alpha value is -3.06. The van der Waals surface area contributed by atoms with Crippen LogP contribution in [0.3, 0.4) is 0 Å². The number of nitrogens with zero attached hydrogens (tertiary/aromatic N) is 3. The van der Waals surface area contributed by atoms with E-state index in [2.05, 4.69) is 25.3 Å². The highest BCUT2D eigenvalue weighted by atomic mass is 35.5. The number of anilines is 1. The molecule has 0 radical (unpaired) electrons. The molecule has 0 aliphatic carbocycles. The highest BCUT2D eigenvalue weighted by Crippen LogP contribution is 2.29. The fourth-order valence-electron chi connectivity index (χ4n) is 2.82. The van der Waals surface area contributed by atoms with Gasteiger partial charge in [0.2, 0.25) is 0 Å². The summed E-state index contributed by atoms with van der Waals surface area (Å²) >= 11 is 5.91. The molecule has 0 bridgehead atoms. The average molecular weight is 386 g/mol. The van der Waals surface area contributed by atoms with Gasteiger partial charge in [-0.3, -0.25) is 0 Å². The second-order valence-electron chi connectivity index (χ2n) is 6.04. The van der Waals surface area contributed by atoms with E-state index < -0.39 is 5.82 Å². The number of halogens is 3. The number of H-pyrrole nitrogens is 1. The predicted octanol–water partition coefficient (Wildman–Crippen LogP) is 5.12. The summed E-state index contributed by atoms with van der Waals surface area (Å²) in [4.78, 5) is 15.7. The number of nitrogens with one attached hydrogen (secondary N) is 2. The Labute approximate surface area is 158 Å². The van der Waals surface area contributed by atoms with Crippen LogP contribution in [-0.4, -0.2) is 19.9 Å². The molecule has 4 aromatic rings. The fraction of sp³-hybridized carbons (Fsp3) is 0.105. The van der Waals surface area contributed by atoms with Gasteiger partial charge >= 0.3 is 0 Å². The minimum atomic E-state index is -0.488. The molecule has 0 fully saturated rings. The minimum Gasteiger partial charge on any atom is -0.364 e. The third-order valence-electron chi connectivity index (χ3n) is 4.19. The van der Waals surface area contributed by atoms with Gasteiger partial charge in [-0.15, -0.1) is 0 Å². The molecule has 0 aliphatic rings. The van der Waals surface area contributed by atoms with E-state index in [1.165, 1.54) is 24.4 Å². The van der Waals surface area contributed by atoms with Crippen molar-refractivity contribution in [3.63, 3.8) is 0 Å². The van der Waals surface area contributed by atoms with E-state index in [1.54, 1.807) is 24.4 Å². The van der Waals surface area contributed by atoms with E-state index in [4.69, 9.17) is 11.6 Å². The van der Waals surface area contributed by atoms with Gasteiger partial charge in [0.15, 0.2) is 5.65 Å². The Kier molecular flexibility index (Phi) is 4.45. The number of hydrogen-bond acceptors (Lipinski definition) is 4. The van der Waals surface area contributed by atoms with Crippen molar-refractivity contribution in [3.8, 4) is 11.3 Å². The molecule has 8 heteroatoms. The molecular formula is C19H14ClF2N5. The normalized spacial score (nSPS) is 12.3. The lowest BCUT2D eigenvalue weighted by Gasteiger charge is -2.15. The van der Waals surface area contributed by atoms with E-state index >= 15 is 0 Å². The van der Waals surface area contributed by atoms with Gasteiger partial charge < -0.3 is 10.3 Å². The molecule has 3 aromatic heterocycles. The van der Waals surface area contributed by atoms with E-state index in [9.17, 15) is 8.78 Å². The Balaban J connectivity index is 1.69. The third kappa shape index (κ3) is 3.46. The van der Waals surface area contributed by atoms with Crippen LogP contribution in [0.1, 0.15) is 18.5 Å². The maximum absolute atomic E-state index is 14.4. The summed E-state index contributed by atoms with van der Waals surface area (Å²) in [7, 11) is 0. The molecule has 0 amide bonds. The summed E-state index contributed by atoms with van der Waals surface area (Å²) in [6.07, 6.45) is 3.01. The van der Waals surface area contributed by atoms with Crippen LogP contribution < -0.4 is 5.32 Å². The Morgan fingerprint density at radius 2 is 1.85 bits per heavy atom. The van der Waals surface area contributed by atoms with Crippen LogP contribution in [-0.2, 0) is 0 Å². The molecule has 4 rings (SSSR count). The van der Waals surface area contributed by atoms with E-state index in [0.29, 0.717) is 22.5 Å². The quantitative estimate of drug-likeness (QED) is 0.511. The van der Waals surface area contributed by atoms with Gasteiger partial charge in [0.1, 0.15) is 33.8 Å². The summed E-state index contributed by atoms with van der Waals surface area (Å²) < 4.78 is 27.5. The maximum atomic E-state index is 14.4. The van der Waals surface area contributed by atoms with Crippen LogP contribution in [0.15, 0.2) is 48.8 Å². The first-order valence-corrected chi connectivity index (χ1v) is 8.57. The van der Waals surface area contributed by atoms with Crippen LogP contribution in [0.2, 0.25) is 5.15 Å². The minimum absolute atomic E-state index is 0.133. The van der Waals surface area contributed by atoms with E-state index in [1.807, 2.05) is 6.92 Å². The summed E-state index contributed by atoms with van der Waals surface area (Å²) in [5.74, 6) is -0.308. The summed E-state index contributed by atoms with van der Waals surface area (Å²) in [5, 5.41) is 3.41. The highest BCUT2D eigenvalue weighted by Gasteiger charge is 2.16. The van der Waals surface area contributed by atoms with Crippen molar-refractivity contribution < 1.29 is 8.78 Å². The van der Waals surface area contributed by atoms with Crippen molar-refractivity contribution in [1.82, 2.24) is 19.9 Å². The first-order valence-electron chi connectivity index (χ1n) is 8.20. The van der Waals surface area contributed by atoms with Gasteiger partial charge in [-0.1, -0.05) is 23.7 Å². The Morgan fingerprint density at radius 1 is 1.07 bits per heavy atom. The van der Waals surface area contributed by atoms with Crippen LogP contribution in [0, 0.1) is 11.6 Å². The zero-order valence-corrected chi connectivity index (χ0v) is 14.9. The topological polar surface area (TPSA) is 66.5 Å². The van der Waals surface area contributed by atoms with Gasteiger partial charge in [-0.2, -0.15) is 0 Å². The number of benzene rings is 1. The first kappa shape index (κ1) is 17.4. The molecule has 27 heavy (non-hydrogen) atoms. The second kappa shape index (κ2) is 6.92. The third-order valence-corrected chi connectivity index (χ3v) is 4.37. The largest absolute Gasteiger partial charge is 0.364 e. The summed E-state index contributed by atoms with van der Waals surface area (Å²) in [5.41, 5.74) is 2.42. The lowest BCUT2D eigenvalue weighted by atomic mass is 10.1. The predicted molar refractivity (Wildman–Crippen MR) is 101 cm³/mol. The molecule has 0 saturated carbocycles. The van der Waals surface area contributed by atoms with Crippen molar-refractivity contribution in [2.75, 3.05) is 5.32 Å². The summed E-state index contributed by atoms with van der Waals surface area (Å²) in [6, 6.07) is 8.90. The van der Waals surface area contributed by atoms with Crippen molar-refractivity contribution in [3.05, 3.63) is 71.1 Å². The van der Waals surface area contributed by atoms with E-state index in [0.717, 1.165) is 5.56 Å². The second-order valence-corrected chi connectivity index (χ2v) is 6.42. The maximum Gasteiger partial charge on any atom is 0.156 e. The number of pyridine rings is 1. The SMILES string of the molecule is C[C@H](Nc1ccc(F)c(-c2c[nH]c3ncc(Cl)nc23)n1)c1ccc(F)cc1. The molecule has 2 N–H and O–H groups in total. The van der Waals surface area contributed by atoms with Crippen molar-refractivity contribution in [1.29, 1.82) is 0 Å². The van der Waals surface area contributed by atoms with Crippen molar-refractivity contribution in [2.45, 2.75) is 13.0 Å². The summed E-state index contributed by atoms with van der Waals surface area (Å²) in [6.45, 7) is 1.91. The number of aromatic amines is 1. The van der Waals surface area contributed by atoms with Crippen LogP contribution in [0.4, 0.5) is 14.6 Å². The number of fused-ring (bicyclic) bond motifs is 1. The van der Waals surface area contributed by atoms with Gasteiger partial charge in [-0.05, 0) is 36.8 Å². The molecule has 1 aromatic carbocycles. The monoisotopic (exact) mass is 385 g/mol. The number of hydrogen-bond donors (Lipinski definition) is 2. The first-order chi connectivity index (χ1) is 13.0. The number of aromatic nitrogens is 4. The molecule has 1 atom stereocenters. The zero-order chi connectivity index (χ0) is 19.0. The van der Waals surface area contributed by atoms with Crippen LogP contribution >= 0.6 is 11.6 Å². The standard InChI is InChI=1S/C19H14ClF2N5/c1-10(11-2-4-12(21)5-3-11)25-16-7-6-14(22)17(27-16)13-8-23-19-18(13)26-15(20)9-24-19/h2-10H,1H3,(H,23,24)(H,25,27)/t10-/m0/s1. The lowest BCUT2D eigenvalue weighted by molar-refractivity contribution is 0.624. The Bertz CT molecular complexity index is 1110.